The molecule has 112 valence electrons. The fourth-order valence-corrected chi connectivity index (χ4v) is 1.90. The van der Waals surface area contributed by atoms with Crippen LogP contribution in [0.4, 0.5) is 5.69 Å². The SMILES string of the molecule is CN(CCc1ccccc1)C(=O)Cc1ccc(N)cn1.Cl. The first-order valence-corrected chi connectivity index (χ1v) is 6.63. The highest BCUT2D eigenvalue weighted by atomic mass is 35.5. The van der Waals surface area contributed by atoms with E-state index in [0.29, 0.717) is 18.7 Å². The average molecular weight is 306 g/mol. The number of nitrogens with zero attached hydrogens (tertiary/aromatic N) is 2. The number of likely N-dealkylation sites (N-methyl/N-ethyl adjacent to an activating group) is 1. The minimum Gasteiger partial charge on any atom is -0.397 e. The molecule has 0 aliphatic carbocycles. The summed E-state index contributed by atoms with van der Waals surface area (Å²) in [4.78, 5) is 18.0. The lowest BCUT2D eigenvalue weighted by Gasteiger charge is -2.17. The number of amides is 1. The molecule has 1 heterocycles. The van der Waals surface area contributed by atoms with Crippen LogP contribution in [0.3, 0.4) is 0 Å². The molecule has 0 radical (unpaired) electrons. The second-order valence-electron chi connectivity index (χ2n) is 4.81. The van der Waals surface area contributed by atoms with Crippen LogP contribution in [0, 0.1) is 0 Å². The summed E-state index contributed by atoms with van der Waals surface area (Å²) in [5.74, 6) is 0.0678. The Morgan fingerprint density at radius 1 is 1.19 bits per heavy atom. The van der Waals surface area contributed by atoms with Gasteiger partial charge < -0.3 is 10.6 Å². The minimum absolute atomic E-state index is 0. The summed E-state index contributed by atoms with van der Waals surface area (Å²) in [5.41, 5.74) is 8.16. The van der Waals surface area contributed by atoms with Crippen LogP contribution in [-0.4, -0.2) is 29.4 Å². The topological polar surface area (TPSA) is 59.2 Å². The van der Waals surface area contributed by atoms with Crippen molar-refractivity contribution < 1.29 is 4.79 Å². The number of nitrogens with two attached hydrogens (primary N) is 1. The molecule has 0 aliphatic heterocycles. The molecule has 0 fully saturated rings. The van der Waals surface area contributed by atoms with Crippen molar-refractivity contribution >= 4 is 24.0 Å². The zero-order valence-corrected chi connectivity index (χ0v) is 12.8. The highest BCUT2D eigenvalue weighted by Gasteiger charge is 2.10. The van der Waals surface area contributed by atoms with Crippen LogP contribution in [-0.2, 0) is 17.6 Å². The summed E-state index contributed by atoms with van der Waals surface area (Å²) in [5, 5.41) is 0. The Balaban J connectivity index is 0.00000220. The lowest BCUT2D eigenvalue weighted by atomic mass is 10.1. The Labute approximate surface area is 131 Å². The lowest BCUT2D eigenvalue weighted by molar-refractivity contribution is -0.129. The average Bonchev–Trinajstić information content (AvgIpc) is 2.48. The largest absolute Gasteiger partial charge is 0.397 e. The zero-order chi connectivity index (χ0) is 14.4. The van der Waals surface area contributed by atoms with Gasteiger partial charge in [0.2, 0.25) is 5.91 Å². The van der Waals surface area contributed by atoms with Gasteiger partial charge in [-0.15, -0.1) is 12.4 Å². The fraction of sp³-hybridized carbons (Fsp3) is 0.250. The number of hydrogen-bond acceptors (Lipinski definition) is 3. The predicted molar refractivity (Wildman–Crippen MR) is 87.4 cm³/mol. The van der Waals surface area contributed by atoms with E-state index in [1.54, 1.807) is 23.2 Å². The minimum atomic E-state index is 0. The third kappa shape index (κ3) is 5.44. The molecule has 0 saturated carbocycles. The number of aromatic nitrogens is 1. The molecule has 2 aromatic rings. The summed E-state index contributed by atoms with van der Waals surface area (Å²) in [7, 11) is 1.82. The summed E-state index contributed by atoms with van der Waals surface area (Å²) in [6, 6.07) is 13.7. The molecule has 4 nitrogen and oxygen atoms in total. The predicted octanol–water partition coefficient (Wildman–Crippen LogP) is 2.33. The van der Waals surface area contributed by atoms with Gasteiger partial charge in [-0.05, 0) is 24.1 Å². The number of pyridine rings is 1. The van der Waals surface area contributed by atoms with Crippen LogP contribution in [0.5, 0.6) is 0 Å². The van der Waals surface area contributed by atoms with Gasteiger partial charge in [-0.1, -0.05) is 30.3 Å². The molecule has 5 heteroatoms. The Hall–Kier alpha value is -2.07. The molecule has 2 N–H and O–H groups in total. The Morgan fingerprint density at radius 3 is 2.52 bits per heavy atom. The van der Waals surface area contributed by atoms with E-state index in [0.717, 1.165) is 12.1 Å². The molecule has 0 saturated heterocycles. The Bertz CT molecular complexity index is 557. The molecule has 2 rings (SSSR count). The first kappa shape index (κ1) is 17.0. The van der Waals surface area contributed by atoms with Gasteiger partial charge in [0.15, 0.2) is 0 Å². The van der Waals surface area contributed by atoms with Crippen molar-refractivity contribution in [2.75, 3.05) is 19.3 Å². The molecule has 0 bridgehead atoms. The summed E-state index contributed by atoms with van der Waals surface area (Å²) < 4.78 is 0. The van der Waals surface area contributed by atoms with Crippen molar-refractivity contribution in [2.45, 2.75) is 12.8 Å². The Morgan fingerprint density at radius 2 is 1.90 bits per heavy atom. The lowest BCUT2D eigenvalue weighted by Crippen LogP contribution is -2.30. The molecule has 0 unspecified atom stereocenters. The van der Waals surface area contributed by atoms with Crippen LogP contribution >= 0.6 is 12.4 Å². The molecule has 0 spiro atoms. The van der Waals surface area contributed by atoms with E-state index in [9.17, 15) is 4.79 Å². The molecular weight excluding hydrogens is 286 g/mol. The van der Waals surface area contributed by atoms with E-state index in [4.69, 9.17) is 5.73 Å². The number of halogens is 1. The third-order valence-electron chi connectivity index (χ3n) is 3.18. The van der Waals surface area contributed by atoms with Gasteiger partial charge >= 0.3 is 0 Å². The zero-order valence-electron chi connectivity index (χ0n) is 12.0. The number of carbonyl (C=O) groups is 1. The van der Waals surface area contributed by atoms with Gasteiger partial charge in [-0.3, -0.25) is 9.78 Å². The van der Waals surface area contributed by atoms with E-state index >= 15 is 0 Å². The molecule has 1 amide bonds. The third-order valence-corrected chi connectivity index (χ3v) is 3.18. The molecule has 0 aliphatic rings. The first-order chi connectivity index (χ1) is 9.65. The van der Waals surface area contributed by atoms with Crippen molar-refractivity contribution in [3.8, 4) is 0 Å². The van der Waals surface area contributed by atoms with Crippen LogP contribution < -0.4 is 5.73 Å². The Kier molecular flexibility index (Phi) is 6.69. The van der Waals surface area contributed by atoms with Gasteiger partial charge in [0.05, 0.1) is 18.3 Å². The standard InChI is InChI=1S/C16H19N3O.ClH/c1-19(10-9-13-5-3-2-4-6-13)16(20)11-15-8-7-14(17)12-18-15;/h2-8,12H,9-11,17H2,1H3;1H. The van der Waals surface area contributed by atoms with Crippen molar-refractivity contribution in [3.05, 3.63) is 59.9 Å². The van der Waals surface area contributed by atoms with Crippen LogP contribution in [0.1, 0.15) is 11.3 Å². The number of rotatable bonds is 5. The molecule has 21 heavy (non-hydrogen) atoms. The first-order valence-electron chi connectivity index (χ1n) is 6.63. The van der Waals surface area contributed by atoms with E-state index in [1.807, 2.05) is 25.2 Å². The van der Waals surface area contributed by atoms with Crippen LogP contribution in [0.15, 0.2) is 48.7 Å². The number of benzene rings is 1. The smallest absolute Gasteiger partial charge is 0.228 e. The number of carbonyl (C=O) groups excluding carboxylic acids is 1. The highest BCUT2D eigenvalue weighted by molar-refractivity contribution is 5.85. The van der Waals surface area contributed by atoms with Crippen LogP contribution in [0.25, 0.3) is 0 Å². The fourth-order valence-electron chi connectivity index (χ4n) is 1.90. The van der Waals surface area contributed by atoms with E-state index < -0.39 is 0 Å². The normalized spacial score (nSPS) is 9.76. The van der Waals surface area contributed by atoms with Gasteiger partial charge in [0, 0.05) is 19.3 Å². The van der Waals surface area contributed by atoms with Crippen molar-refractivity contribution in [1.82, 2.24) is 9.88 Å². The van der Waals surface area contributed by atoms with Crippen molar-refractivity contribution in [1.29, 1.82) is 0 Å². The second kappa shape index (κ2) is 8.27. The monoisotopic (exact) mass is 305 g/mol. The maximum Gasteiger partial charge on any atom is 0.228 e. The number of anilines is 1. The molecular formula is C16H20ClN3O. The van der Waals surface area contributed by atoms with E-state index in [1.165, 1.54) is 5.56 Å². The van der Waals surface area contributed by atoms with Gasteiger partial charge in [-0.25, -0.2) is 0 Å². The van der Waals surface area contributed by atoms with Gasteiger partial charge in [0.1, 0.15) is 0 Å². The number of nitrogen functional groups attached to an aromatic ring is 1. The quantitative estimate of drug-likeness (QED) is 0.922. The molecule has 1 aromatic heterocycles. The summed E-state index contributed by atoms with van der Waals surface area (Å²) in [6.45, 7) is 0.706. The van der Waals surface area contributed by atoms with E-state index in [-0.39, 0.29) is 18.3 Å². The summed E-state index contributed by atoms with van der Waals surface area (Å²) >= 11 is 0. The van der Waals surface area contributed by atoms with E-state index in [2.05, 4.69) is 17.1 Å². The van der Waals surface area contributed by atoms with Gasteiger partial charge in [0.25, 0.3) is 0 Å². The highest BCUT2D eigenvalue weighted by Crippen LogP contribution is 2.05. The van der Waals surface area contributed by atoms with Gasteiger partial charge in [-0.2, -0.15) is 0 Å². The maximum atomic E-state index is 12.1. The number of hydrogen-bond donors (Lipinski definition) is 1. The summed E-state index contributed by atoms with van der Waals surface area (Å²) in [6.07, 6.45) is 2.75. The van der Waals surface area contributed by atoms with Crippen LogP contribution in [0.2, 0.25) is 0 Å². The van der Waals surface area contributed by atoms with Crippen molar-refractivity contribution in [3.63, 3.8) is 0 Å². The molecule has 0 atom stereocenters. The molecule has 1 aromatic carbocycles. The second-order valence-corrected chi connectivity index (χ2v) is 4.81. The van der Waals surface area contributed by atoms with Crippen molar-refractivity contribution in [2.24, 2.45) is 0 Å². The maximum absolute atomic E-state index is 12.1.